The quantitative estimate of drug-likeness (QED) is 0.830. The van der Waals surface area contributed by atoms with Crippen molar-refractivity contribution in [3.63, 3.8) is 0 Å². The number of aromatic amines is 1. The van der Waals surface area contributed by atoms with Crippen LogP contribution in [0.15, 0.2) is 48.8 Å². The van der Waals surface area contributed by atoms with Crippen molar-refractivity contribution in [3.8, 4) is 0 Å². The molecule has 0 radical (unpaired) electrons. The first kappa shape index (κ1) is 12.3. The second-order valence-electron chi connectivity index (χ2n) is 3.61. The van der Waals surface area contributed by atoms with Crippen molar-refractivity contribution in [2.24, 2.45) is 0 Å². The van der Waals surface area contributed by atoms with Crippen molar-refractivity contribution in [1.29, 1.82) is 0 Å². The Morgan fingerprint density at radius 3 is 2.78 bits per heavy atom. The second kappa shape index (κ2) is 5.97. The lowest BCUT2D eigenvalue weighted by Crippen LogP contribution is -2.13. The maximum absolute atomic E-state index is 11.5. The van der Waals surface area contributed by atoms with Crippen LogP contribution in [-0.4, -0.2) is 11.1 Å². The first-order valence-electron chi connectivity index (χ1n) is 5.40. The standard InChI is InChI=1S/C13H12N2O2S/c16-13(15-11-8-14-7-6-12(11)18)17-9-10-4-2-1-3-5-10/h1-8H,9H2,(H,14,18)(H,15,16). The van der Waals surface area contributed by atoms with E-state index in [1.54, 1.807) is 18.5 Å². The van der Waals surface area contributed by atoms with E-state index in [2.05, 4.69) is 10.3 Å². The molecule has 0 aliphatic carbocycles. The van der Waals surface area contributed by atoms with Crippen molar-refractivity contribution in [2.75, 3.05) is 5.32 Å². The second-order valence-corrected chi connectivity index (χ2v) is 4.05. The van der Waals surface area contributed by atoms with Crippen LogP contribution in [0.2, 0.25) is 0 Å². The Morgan fingerprint density at radius 1 is 1.28 bits per heavy atom. The highest BCUT2D eigenvalue weighted by Gasteiger charge is 2.04. The van der Waals surface area contributed by atoms with Gasteiger partial charge in [-0.15, -0.1) is 0 Å². The summed E-state index contributed by atoms with van der Waals surface area (Å²) < 4.78 is 5.64. The highest BCUT2D eigenvalue weighted by molar-refractivity contribution is 7.71. The number of pyridine rings is 1. The van der Waals surface area contributed by atoms with Crippen molar-refractivity contribution in [1.82, 2.24) is 4.98 Å². The third-order valence-corrected chi connectivity index (χ3v) is 2.63. The molecule has 92 valence electrons. The molecule has 1 heterocycles. The number of rotatable bonds is 3. The summed E-state index contributed by atoms with van der Waals surface area (Å²) in [5, 5.41) is 2.58. The molecule has 0 saturated carbocycles. The van der Waals surface area contributed by atoms with Gasteiger partial charge in [-0.05, 0) is 11.6 Å². The molecule has 0 saturated heterocycles. The molecule has 0 atom stereocenters. The summed E-state index contributed by atoms with van der Waals surface area (Å²) in [6, 6.07) is 11.2. The molecule has 0 unspecified atom stereocenters. The molecule has 1 aromatic heterocycles. The molecule has 5 heteroatoms. The van der Waals surface area contributed by atoms with E-state index >= 15 is 0 Å². The molecule has 0 spiro atoms. The van der Waals surface area contributed by atoms with Crippen molar-refractivity contribution in [3.05, 3.63) is 58.9 Å². The molecule has 0 aliphatic heterocycles. The number of hydrogen-bond donors (Lipinski definition) is 2. The van der Waals surface area contributed by atoms with Crippen LogP contribution < -0.4 is 5.32 Å². The summed E-state index contributed by atoms with van der Waals surface area (Å²) in [6.45, 7) is 0.232. The SMILES string of the molecule is O=C(Nc1c[nH]ccc1=S)OCc1ccccc1. The predicted octanol–water partition coefficient (Wildman–Crippen LogP) is 3.49. The summed E-state index contributed by atoms with van der Waals surface area (Å²) in [7, 11) is 0. The Hall–Kier alpha value is -2.14. The molecule has 0 fully saturated rings. The molecule has 1 amide bonds. The minimum absolute atomic E-state index is 0.232. The van der Waals surface area contributed by atoms with Gasteiger partial charge in [-0.1, -0.05) is 42.5 Å². The number of amides is 1. The fourth-order valence-corrected chi connectivity index (χ4v) is 1.56. The Kier molecular flexibility index (Phi) is 4.09. The van der Waals surface area contributed by atoms with Crippen LogP contribution in [0, 0.1) is 4.51 Å². The average Bonchev–Trinajstić information content (AvgIpc) is 2.40. The van der Waals surface area contributed by atoms with Gasteiger partial charge in [0.2, 0.25) is 0 Å². The van der Waals surface area contributed by atoms with Gasteiger partial charge in [0.25, 0.3) is 0 Å². The lowest BCUT2D eigenvalue weighted by Gasteiger charge is -2.06. The van der Waals surface area contributed by atoms with Gasteiger partial charge >= 0.3 is 6.09 Å². The third kappa shape index (κ3) is 3.43. The number of ether oxygens (including phenoxy) is 1. The van der Waals surface area contributed by atoms with Crippen LogP contribution in [0.3, 0.4) is 0 Å². The highest BCUT2D eigenvalue weighted by Crippen LogP contribution is 2.08. The number of hydrogen-bond acceptors (Lipinski definition) is 3. The number of carbonyl (C=O) groups is 1. The monoisotopic (exact) mass is 260 g/mol. The van der Waals surface area contributed by atoms with Crippen LogP contribution >= 0.6 is 12.2 Å². The maximum atomic E-state index is 11.5. The molecule has 2 N–H and O–H groups in total. The van der Waals surface area contributed by atoms with Crippen LogP contribution in [0.25, 0.3) is 0 Å². The van der Waals surface area contributed by atoms with Gasteiger partial charge in [0, 0.05) is 12.4 Å². The van der Waals surface area contributed by atoms with E-state index in [4.69, 9.17) is 17.0 Å². The summed E-state index contributed by atoms with van der Waals surface area (Å²) in [4.78, 5) is 14.4. The van der Waals surface area contributed by atoms with Gasteiger partial charge < -0.3 is 9.72 Å². The average molecular weight is 260 g/mol. The summed E-state index contributed by atoms with van der Waals surface area (Å²) in [5.74, 6) is 0. The Morgan fingerprint density at radius 2 is 2.06 bits per heavy atom. The van der Waals surface area contributed by atoms with Gasteiger partial charge in [-0.2, -0.15) is 0 Å². The Balaban J connectivity index is 1.90. The minimum Gasteiger partial charge on any atom is -0.444 e. The molecule has 0 bridgehead atoms. The number of carbonyl (C=O) groups excluding carboxylic acids is 1. The number of anilines is 1. The van der Waals surface area contributed by atoms with E-state index in [1.807, 2.05) is 30.3 Å². The number of nitrogens with one attached hydrogen (secondary N) is 2. The third-order valence-electron chi connectivity index (χ3n) is 2.27. The fraction of sp³-hybridized carbons (Fsp3) is 0.0769. The zero-order valence-electron chi connectivity index (χ0n) is 9.55. The predicted molar refractivity (Wildman–Crippen MR) is 71.9 cm³/mol. The van der Waals surface area contributed by atoms with Crippen molar-refractivity contribution >= 4 is 24.0 Å². The Bertz CT molecular complexity index is 581. The maximum Gasteiger partial charge on any atom is 0.412 e. The number of H-pyrrole nitrogens is 1. The van der Waals surface area contributed by atoms with E-state index < -0.39 is 6.09 Å². The minimum atomic E-state index is -0.524. The molecule has 2 aromatic rings. The van der Waals surface area contributed by atoms with Gasteiger partial charge in [0.1, 0.15) is 6.61 Å². The number of aromatic nitrogens is 1. The normalized spacial score (nSPS) is 9.78. The number of benzene rings is 1. The van der Waals surface area contributed by atoms with Crippen LogP contribution in [-0.2, 0) is 11.3 Å². The lowest BCUT2D eigenvalue weighted by molar-refractivity contribution is 0.155. The van der Waals surface area contributed by atoms with E-state index in [9.17, 15) is 4.79 Å². The lowest BCUT2D eigenvalue weighted by atomic mass is 10.2. The molecule has 2 rings (SSSR count). The smallest absolute Gasteiger partial charge is 0.412 e. The van der Waals surface area contributed by atoms with Crippen LogP contribution in [0.1, 0.15) is 5.56 Å². The topological polar surface area (TPSA) is 54.1 Å². The molecular formula is C13H12N2O2S. The van der Waals surface area contributed by atoms with E-state index in [-0.39, 0.29) is 6.61 Å². The van der Waals surface area contributed by atoms with Crippen molar-refractivity contribution in [2.45, 2.75) is 6.61 Å². The zero-order chi connectivity index (χ0) is 12.8. The summed E-state index contributed by atoms with van der Waals surface area (Å²) in [6.07, 6.45) is 2.79. The van der Waals surface area contributed by atoms with Crippen molar-refractivity contribution < 1.29 is 9.53 Å². The van der Waals surface area contributed by atoms with Crippen LogP contribution in [0.5, 0.6) is 0 Å². The van der Waals surface area contributed by atoms with Gasteiger partial charge in [-0.25, -0.2) is 4.79 Å². The first-order chi connectivity index (χ1) is 8.75. The molecule has 0 aliphatic rings. The van der Waals surface area contributed by atoms with Crippen LogP contribution in [0.4, 0.5) is 10.5 Å². The molecule has 18 heavy (non-hydrogen) atoms. The first-order valence-corrected chi connectivity index (χ1v) is 5.81. The molecule has 4 nitrogen and oxygen atoms in total. The Labute approximate surface area is 110 Å². The summed E-state index contributed by atoms with van der Waals surface area (Å²) in [5.41, 5.74) is 1.47. The van der Waals surface area contributed by atoms with E-state index in [1.165, 1.54) is 0 Å². The highest BCUT2D eigenvalue weighted by atomic mass is 32.1. The zero-order valence-corrected chi connectivity index (χ0v) is 10.4. The van der Waals surface area contributed by atoms with Gasteiger partial charge in [0.15, 0.2) is 0 Å². The molecule has 1 aromatic carbocycles. The van der Waals surface area contributed by atoms with E-state index in [0.717, 1.165) is 5.56 Å². The molecular weight excluding hydrogens is 248 g/mol. The van der Waals surface area contributed by atoms with Gasteiger partial charge in [0.05, 0.1) is 10.2 Å². The van der Waals surface area contributed by atoms with Gasteiger partial charge in [-0.3, -0.25) is 5.32 Å². The summed E-state index contributed by atoms with van der Waals surface area (Å²) >= 11 is 5.06. The largest absolute Gasteiger partial charge is 0.444 e. The van der Waals surface area contributed by atoms with E-state index in [0.29, 0.717) is 10.2 Å². The fourth-order valence-electron chi connectivity index (χ4n) is 1.38.